The lowest BCUT2D eigenvalue weighted by molar-refractivity contribution is 0.0791. The van der Waals surface area contributed by atoms with E-state index in [1.807, 2.05) is 7.05 Å². The van der Waals surface area contributed by atoms with Gasteiger partial charge < -0.3 is 14.5 Å². The van der Waals surface area contributed by atoms with Gasteiger partial charge in [0, 0.05) is 27.2 Å². The highest BCUT2D eigenvalue weighted by molar-refractivity contribution is 5.67. The molecule has 1 saturated heterocycles. The Morgan fingerprint density at radius 1 is 1.58 bits per heavy atom. The standard InChI is InChI=1S/C8H16N2O2/c1-9(2)8(11)12-7-4-5-10(3)6-7/h7H,4-6H2,1-3H3. The van der Waals surface area contributed by atoms with Crippen molar-refractivity contribution in [1.82, 2.24) is 9.80 Å². The molecule has 0 saturated carbocycles. The Balaban J connectivity index is 2.28. The highest BCUT2D eigenvalue weighted by atomic mass is 16.6. The fraction of sp³-hybridized carbons (Fsp3) is 0.875. The first-order chi connectivity index (χ1) is 5.59. The molecule has 70 valence electrons. The zero-order valence-electron chi connectivity index (χ0n) is 7.91. The van der Waals surface area contributed by atoms with Crippen molar-refractivity contribution in [3.05, 3.63) is 0 Å². The van der Waals surface area contributed by atoms with E-state index in [0.717, 1.165) is 19.5 Å². The van der Waals surface area contributed by atoms with E-state index in [1.165, 1.54) is 4.90 Å². The Morgan fingerprint density at radius 2 is 2.25 bits per heavy atom. The highest BCUT2D eigenvalue weighted by Gasteiger charge is 2.23. The van der Waals surface area contributed by atoms with E-state index in [2.05, 4.69) is 4.90 Å². The normalized spacial score (nSPS) is 24.1. The summed E-state index contributed by atoms with van der Waals surface area (Å²) in [6, 6.07) is 0. The largest absolute Gasteiger partial charge is 0.445 e. The van der Waals surface area contributed by atoms with E-state index in [9.17, 15) is 4.79 Å². The molecule has 0 N–H and O–H groups in total. The minimum absolute atomic E-state index is 0.0879. The van der Waals surface area contributed by atoms with Crippen molar-refractivity contribution < 1.29 is 9.53 Å². The Labute approximate surface area is 73.1 Å². The number of nitrogens with zero attached hydrogens (tertiary/aromatic N) is 2. The van der Waals surface area contributed by atoms with Crippen molar-refractivity contribution in [3.8, 4) is 0 Å². The summed E-state index contributed by atoms with van der Waals surface area (Å²) in [6.45, 7) is 1.88. The second kappa shape index (κ2) is 3.76. The first kappa shape index (κ1) is 9.32. The van der Waals surface area contributed by atoms with Crippen molar-refractivity contribution in [2.24, 2.45) is 0 Å². The molecule has 0 radical (unpaired) electrons. The van der Waals surface area contributed by atoms with E-state index in [-0.39, 0.29) is 12.2 Å². The molecule has 1 atom stereocenters. The molecule has 4 heteroatoms. The van der Waals surface area contributed by atoms with Crippen LogP contribution in [-0.2, 0) is 4.74 Å². The molecule has 0 spiro atoms. The van der Waals surface area contributed by atoms with Gasteiger partial charge in [0.1, 0.15) is 6.10 Å². The van der Waals surface area contributed by atoms with Crippen LogP contribution in [0.3, 0.4) is 0 Å². The quantitative estimate of drug-likeness (QED) is 0.573. The second-order valence-corrected chi connectivity index (χ2v) is 3.45. The van der Waals surface area contributed by atoms with Crippen LogP contribution in [0.25, 0.3) is 0 Å². The van der Waals surface area contributed by atoms with Gasteiger partial charge >= 0.3 is 6.09 Å². The summed E-state index contributed by atoms with van der Waals surface area (Å²) < 4.78 is 5.19. The highest BCUT2D eigenvalue weighted by Crippen LogP contribution is 2.10. The molecule has 1 aliphatic rings. The van der Waals surface area contributed by atoms with Gasteiger partial charge in [0.05, 0.1) is 0 Å². The number of carbonyl (C=O) groups is 1. The van der Waals surface area contributed by atoms with E-state index in [0.29, 0.717) is 0 Å². The van der Waals surface area contributed by atoms with Gasteiger partial charge in [0.25, 0.3) is 0 Å². The first-order valence-corrected chi connectivity index (χ1v) is 4.16. The SMILES string of the molecule is CN1CCC(OC(=O)N(C)C)C1. The average Bonchev–Trinajstić information content (AvgIpc) is 2.35. The van der Waals surface area contributed by atoms with Crippen LogP contribution in [0.15, 0.2) is 0 Å². The molecule has 4 nitrogen and oxygen atoms in total. The predicted octanol–water partition coefficient (Wildman–Crippen LogP) is 0.389. The topological polar surface area (TPSA) is 32.8 Å². The number of likely N-dealkylation sites (tertiary alicyclic amines) is 1. The summed E-state index contributed by atoms with van der Waals surface area (Å²) >= 11 is 0. The molecular weight excluding hydrogens is 156 g/mol. The maximum Gasteiger partial charge on any atom is 0.409 e. The molecule has 1 amide bonds. The lowest BCUT2D eigenvalue weighted by Crippen LogP contribution is -2.29. The summed E-state index contributed by atoms with van der Waals surface area (Å²) in [6.07, 6.45) is 0.802. The van der Waals surface area contributed by atoms with Gasteiger partial charge in [-0.2, -0.15) is 0 Å². The third-order valence-corrected chi connectivity index (χ3v) is 1.98. The van der Waals surface area contributed by atoms with Crippen molar-refractivity contribution in [3.63, 3.8) is 0 Å². The van der Waals surface area contributed by atoms with Gasteiger partial charge in [-0.05, 0) is 13.5 Å². The Morgan fingerprint density at radius 3 is 2.67 bits per heavy atom. The summed E-state index contributed by atoms with van der Waals surface area (Å²) in [7, 11) is 5.42. The molecule has 1 fully saturated rings. The number of likely N-dealkylation sites (N-methyl/N-ethyl adjacent to an activating group) is 1. The zero-order valence-corrected chi connectivity index (χ0v) is 7.91. The van der Waals surface area contributed by atoms with Crippen LogP contribution in [-0.4, -0.2) is 56.2 Å². The summed E-state index contributed by atoms with van der Waals surface area (Å²) in [4.78, 5) is 14.7. The molecule has 12 heavy (non-hydrogen) atoms. The minimum atomic E-state index is -0.240. The summed E-state index contributed by atoms with van der Waals surface area (Å²) in [5.74, 6) is 0. The van der Waals surface area contributed by atoms with Gasteiger partial charge in [-0.25, -0.2) is 4.79 Å². The average molecular weight is 172 g/mol. The fourth-order valence-corrected chi connectivity index (χ4v) is 1.24. The Hall–Kier alpha value is -0.770. The van der Waals surface area contributed by atoms with Crippen molar-refractivity contribution in [2.45, 2.75) is 12.5 Å². The maximum absolute atomic E-state index is 11.1. The first-order valence-electron chi connectivity index (χ1n) is 4.16. The van der Waals surface area contributed by atoms with Crippen LogP contribution in [0, 0.1) is 0 Å². The van der Waals surface area contributed by atoms with E-state index in [4.69, 9.17) is 4.74 Å². The van der Waals surface area contributed by atoms with Crippen molar-refractivity contribution in [2.75, 3.05) is 34.2 Å². The van der Waals surface area contributed by atoms with Crippen LogP contribution >= 0.6 is 0 Å². The van der Waals surface area contributed by atoms with Gasteiger partial charge in [-0.3, -0.25) is 0 Å². The fourth-order valence-electron chi connectivity index (χ4n) is 1.24. The minimum Gasteiger partial charge on any atom is -0.445 e. The molecule has 0 aromatic carbocycles. The van der Waals surface area contributed by atoms with Crippen LogP contribution in [0.1, 0.15) is 6.42 Å². The smallest absolute Gasteiger partial charge is 0.409 e. The maximum atomic E-state index is 11.1. The molecule has 0 bridgehead atoms. The van der Waals surface area contributed by atoms with E-state index >= 15 is 0 Å². The molecule has 1 unspecified atom stereocenters. The zero-order chi connectivity index (χ0) is 9.14. The van der Waals surface area contributed by atoms with Gasteiger partial charge in [-0.1, -0.05) is 0 Å². The number of ether oxygens (including phenoxy) is 1. The Kier molecular flexibility index (Phi) is 2.92. The Bertz CT molecular complexity index is 170. The lowest BCUT2D eigenvalue weighted by Gasteiger charge is -2.15. The molecule has 0 aromatic rings. The van der Waals surface area contributed by atoms with Crippen molar-refractivity contribution in [1.29, 1.82) is 0 Å². The van der Waals surface area contributed by atoms with Crippen LogP contribution < -0.4 is 0 Å². The summed E-state index contributed by atoms with van der Waals surface area (Å²) in [5.41, 5.74) is 0. The number of carbonyl (C=O) groups excluding carboxylic acids is 1. The second-order valence-electron chi connectivity index (χ2n) is 3.45. The third-order valence-electron chi connectivity index (χ3n) is 1.98. The molecular formula is C8H16N2O2. The monoisotopic (exact) mass is 172 g/mol. The van der Waals surface area contributed by atoms with Crippen LogP contribution in [0.5, 0.6) is 0 Å². The third kappa shape index (κ3) is 2.37. The molecule has 0 aliphatic carbocycles. The van der Waals surface area contributed by atoms with E-state index in [1.54, 1.807) is 14.1 Å². The summed E-state index contributed by atoms with van der Waals surface area (Å²) in [5, 5.41) is 0. The molecule has 1 heterocycles. The van der Waals surface area contributed by atoms with Crippen LogP contribution in [0.4, 0.5) is 4.79 Å². The lowest BCUT2D eigenvalue weighted by atomic mass is 10.3. The molecule has 1 rings (SSSR count). The van der Waals surface area contributed by atoms with Gasteiger partial charge in [0.2, 0.25) is 0 Å². The van der Waals surface area contributed by atoms with Crippen molar-refractivity contribution >= 4 is 6.09 Å². The van der Waals surface area contributed by atoms with E-state index < -0.39 is 0 Å². The molecule has 0 aromatic heterocycles. The number of amides is 1. The molecule has 1 aliphatic heterocycles. The van der Waals surface area contributed by atoms with Crippen LogP contribution in [0.2, 0.25) is 0 Å². The number of hydrogen-bond acceptors (Lipinski definition) is 3. The van der Waals surface area contributed by atoms with Gasteiger partial charge in [0.15, 0.2) is 0 Å². The predicted molar refractivity (Wildman–Crippen MR) is 46.1 cm³/mol. The number of hydrogen-bond donors (Lipinski definition) is 0. The van der Waals surface area contributed by atoms with Gasteiger partial charge in [-0.15, -0.1) is 0 Å². The number of rotatable bonds is 1.